The number of aryl methyl sites for hydroxylation is 1. The molecule has 1 atom stereocenters. The predicted molar refractivity (Wildman–Crippen MR) is 110 cm³/mol. The van der Waals surface area contributed by atoms with Crippen molar-refractivity contribution >= 4 is 11.6 Å². The second-order valence-electron chi connectivity index (χ2n) is 7.40. The molecule has 0 spiro atoms. The lowest BCUT2D eigenvalue weighted by molar-refractivity contribution is -0.130. The second kappa shape index (κ2) is 9.64. The standard InChI is InChI=1S/C22H29N3O3/c1-3-17-14-20(26)25-21(23-17)16-9-8-10-18(13-16)24-22(27)15(2)28-19-11-6-4-5-7-12-19/h8-10,13-15,19H,3-7,11-12H2,1-2H3,(H,24,27)(H,23,25,26)/t15-/m1/s1. The fourth-order valence-electron chi connectivity index (χ4n) is 3.54. The molecule has 6 nitrogen and oxygen atoms in total. The molecule has 2 N–H and O–H groups in total. The minimum Gasteiger partial charge on any atom is -0.365 e. The van der Waals surface area contributed by atoms with Crippen molar-refractivity contribution in [3.63, 3.8) is 0 Å². The number of ether oxygens (including phenoxy) is 1. The summed E-state index contributed by atoms with van der Waals surface area (Å²) in [7, 11) is 0. The van der Waals surface area contributed by atoms with Crippen molar-refractivity contribution in [1.29, 1.82) is 0 Å². The average Bonchev–Trinajstić information content (AvgIpc) is 2.96. The number of benzene rings is 1. The third-order valence-corrected chi connectivity index (χ3v) is 5.13. The first-order valence-electron chi connectivity index (χ1n) is 10.2. The highest BCUT2D eigenvalue weighted by molar-refractivity contribution is 5.94. The summed E-state index contributed by atoms with van der Waals surface area (Å²) in [6, 6.07) is 8.83. The van der Waals surface area contributed by atoms with Crippen LogP contribution in [-0.2, 0) is 16.0 Å². The van der Waals surface area contributed by atoms with E-state index in [1.54, 1.807) is 6.92 Å². The normalized spacial score (nSPS) is 16.4. The third kappa shape index (κ3) is 5.52. The van der Waals surface area contributed by atoms with Crippen LogP contribution in [0.4, 0.5) is 5.69 Å². The van der Waals surface area contributed by atoms with Crippen molar-refractivity contribution in [2.45, 2.75) is 71.0 Å². The van der Waals surface area contributed by atoms with Gasteiger partial charge in [-0.05, 0) is 38.3 Å². The molecule has 0 unspecified atom stereocenters. The Labute approximate surface area is 165 Å². The van der Waals surface area contributed by atoms with Gasteiger partial charge in [0.25, 0.3) is 11.5 Å². The number of rotatable bonds is 6. The van der Waals surface area contributed by atoms with Crippen LogP contribution in [0.25, 0.3) is 11.4 Å². The van der Waals surface area contributed by atoms with E-state index in [1.807, 2.05) is 31.2 Å². The Balaban J connectivity index is 1.67. The number of amides is 1. The maximum absolute atomic E-state index is 12.6. The maximum atomic E-state index is 12.6. The Kier molecular flexibility index (Phi) is 6.98. The van der Waals surface area contributed by atoms with Crippen molar-refractivity contribution in [3.8, 4) is 11.4 Å². The number of anilines is 1. The van der Waals surface area contributed by atoms with Gasteiger partial charge >= 0.3 is 0 Å². The molecule has 1 heterocycles. The van der Waals surface area contributed by atoms with Gasteiger partial charge in [-0.2, -0.15) is 0 Å². The van der Waals surface area contributed by atoms with Crippen LogP contribution < -0.4 is 10.9 Å². The number of hydrogen-bond acceptors (Lipinski definition) is 4. The van der Waals surface area contributed by atoms with E-state index >= 15 is 0 Å². The highest BCUT2D eigenvalue weighted by Gasteiger charge is 2.20. The molecule has 1 saturated carbocycles. The van der Waals surface area contributed by atoms with Gasteiger partial charge in [-0.3, -0.25) is 9.59 Å². The molecule has 1 aliphatic rings. The number of hydrogen-bond donors (Lipinski definition) is 2. The Hall–Kier alpha value is -2.47. The van der Waals surface area contributed by atoms with Gasteiger partial charge < -0.3 is 15.0 Å². The van der Waals surface area contributed by atoms with Crippen LogP contribution in [0, 0.1) is 0 Å². The molecule has 1 amide bonds. The molecule has 1 aromatic carbocycles. The third-order valence-electron chi connectivity index (χ3n) is 5.13. The number of H-pyrrole nitrogens is 1. The first-order valence-corrected chi connectivity index (χ1v) is 10.2. The molecule has 1 fully saturated rings. The average molecular weight is 383 g/mol. The molecule has 6 heteroatoms. The van der Waals surface area contributed by atoms with Gasteiger partial charge in [0.1, 0.15) is 11.9 Å². The summed E-state index contributed by atoms with van der Waals surface area (Å²) in [6.07, 6.45) is 7.24. The van der Waals surface area contributed by atoms with Crippen LogP contribution in [0.3, 0.4) is 0 Å². The van der Waals surface area contributed by atoms with Crippen LogP contribution >= 0.6 is 0 Å². The van der Waals surface area contributed by atoms with Crippen molar-refractivity contribution in [1.82, 2.24) is 9.97 Å². The van der Waals surface area contributed by atoms with Gasteiger partial charge in [0, 0.05) is 23.0 Å². The predicted octanol–water partition coefficient (Wildman–Crippen LogP) is 4.07. The zero-order chi connectivity index (χ0) is 19.9. The fourth-order valence-corrected chi connectivity index (χ4v) is 3.54. The SMILES string of the molecule is CCc1cc(=O)[nH]c(-c2cccc(NC(=O)[C@@H](C)OC3CCCCCC3)c2)n1. The number of carbonyl (C=O) groups excluding carboxylic acids is 1. The van der Waals surface area contributed by atoms with E-state index < -0.39 is 6.10 Å². The lowest BCUT2D eigenvalue weighted by atomic mass is 10.1. The Morgan fingerprint density at radius 1 is 1.25 bits per heavy atom. The summed E-state index contributed by atoms with van der Waals surface area (Å²) in [5.41, 5.74) is 1.96. The van der Waals surface area contributed by atoms with Crippen LogP contribution in [0.15, 0.2) is 35.1 Å². The van der Waals surface area contributed by atoms with Crippen molar-refractivity contribution < 1.29 is 9.53 Å². The van der Waals surface area contributed by atoms with E-state index in [4.69, 9.17) is 4.74 Å². The van der Waals surface area contributed by atoms with Gasteiger partial charge in [-0.25, -0.2) is 4.98 Å². The van der Waals surface area contributed by atoms with Crippen LogP contribution in [-0.4, -0.2) is 28.1 Å². The molecular weight excluding hydrogens is 354 g/mol. The molecule has 1 aliphatic carbocycles. The summed E-state index contributed by atoms with van der Waals surface area (Å²) in [4.78, 5) is 31.6. The number of nitrogens with one attached hydrogen (secondary N) is 2. The topological polar surface area (TPSA) is 84.1 Å². The number of nitrogens with zero attached hydrogens (tertiary/aromatic N) is 1. The number of carbonyl (C=O) groups is 1. The molecule has 3 rings (SSSR count). The van der Waals surface area contributed by atoms with Gasteiger partial charge in [0.2, 0.25) is 0 Å². The number of aromatic nitrogens is 2. The van der Waals surface area contributed by atoms with E-state index in [1.165, 1.54) is 31.7 Å². The summed E-state index contributed by atoms with van der Waals surface area (Å²) in [5.74, 6) is 0.341. The van der Waals surface area contributed by atoms with Gasteiger partial charge in [0.05, 0.1) is 6.10 Å². The van der Waals surface area contributed by atoms with Gasteiger partial charge in [-0.1, -0.05) is 44.7 Å². The lowest BCUT2D eigenvalue weighted by Gasteiger charge is -2.20. The highest BCUT2D eigenvalue weighted by Crippen LogP contribution is 2.22. The molecule has 150 valence electrons. The molecule has 0 aliphatic heterocycles. The molecule has 28 heavy (non-hydrogen) atoms. The second-order valence-corrected chi connectivity index (χ2v) is 7.40. The molecular formula is C22H29N3O3. The molecule has 1 aromatic heterocycles. The molecule has 0 saturated heterocycles. The Morgan fingerprint density at radius 2 is 2.00 bits per heavy atom. The van der Waals surface area contributed by atoms with Crippen LogP contribution in [0.2, 0.25) is 0 Å². The minimum atomic E-state index is -0.506. The Morgan fingerprint density at radius 3 is 2.71 bits per heavy atom. The van der Waals surface area contributed by atoms with E-state index in [0.29, 0.717) is 17.9 Å². The van der Waals surface area contributed by atoms with E-state index in [-0.39, 0.29) is 17.6 Å². The summed E-state index contributed by atoms with van der Waals surface area (Å²) >= 11 is 0. The summed E-state index contributed by atoms with van der Waals surface area (Å²) in [5, 5.41) is 2.92. The summed E-state index contributed by atoms with van der Waals surface area (Å²) < 4.78 is 5.99. The van der Waals surface area contributed by atoms with E-state index in [9.17, 15) is 9.59 Å². The molecule has 2 aromatic rings. The largest absolute Gasteiger partial charge is 0.365 e. The first-order chi connectivity index (χ1) is 13.5. The smallest absolute Gasteiger partial charge is 0.253 e. The van der Waals surface area contributed by atoms with E-state index in [0.717, 1.165) is 24.1 Å². The van der Waals surface area contributed by atoms with E-state index in [2.05, 4.69) is 15.3 Å². The monoisotopic (exact) mass is 383 g/mol. The maximum Gasteiger partial charge on any atom is 0.253 e. The quantitative estimate of drug-likeness (QED) is 0.737. The number of aromatic amines is 1. The van der Waals surface area contributed by atoms with Gasteiger partial charge in [0.15, 0.2) is 0 Å². The zero-order valence-electron chi connectivity index (χ0n) is 16.7. The molecule has 0 radical (unpaired) electrons. The first kappa shape index (κ1) is 20.3. The van der Waals surface area contributed by atoms with Crippen LogP contribution in [0.1, 0.15) is 58.1 Å². The zero-order valence-corrected chi connectivity index (χ0v) is 16.7. The fraction of sp³-hybridized carbons (Fsp3) is 0.500. The van der Waals surface area contributed by atoms with Crippen LogP contribution in [0.5, 0.6) is 0 Å². The summed E-state index contributed by atoms with van der Waals surface area (Å²) in [6.45, 7) is 3.76. The Bertz CT molecular complexity index is 854. The molecule has 0 bridgehead atoms. The van der Waals surface area contributed by atoms with Crippen molar-refractivity contribution in [2.24, 2.45) is 0 Å². The van der Waals surface area contributed by atoms with Gasteiger partial charge in [-0.15, -0.1) is 0 Å². The highest BCUT2D eigenvalue weighted by atomic mass is 16.5. The minimum absolute atomic E-state index is 0.162. The lowest BCUT2D eigenvalue weighted by Crippen LogP contribution is -2.31. The van der Waals surface area contributed by atoms with Crippen molar-refractivity contribution in [2.75, 3.05) is 5.32 Å². The van der Waals surface area contributed by atoms with Crippen molar-refractivity contribution in [3.05, 3.63) is 46.4 Å².